The second kappa shape index (κ2) is 6.09. The molecule has 0 atom stereocenters. The Morgan fingerprint density at radius 2 is 1.89 bits per heavy atom. The fourth-order valence-electron chi connectivity index (χ4n) is 1.56. The molecule has 0 aliphatic rings. The van der Waals surface area contributed by atoms with Crippen molar-refractivity contribution in [2.24, 2.45) is 0 Å². The molecule has 1 N–H and O–H groups in total. The predicted molar refractivity (Wildman–Crippen MR) is 67.3 cm³/mol. The Bertz CT molecular complexity index is 409. The van der Waals surface area contributed by atoms with E-state index >= 15 is 0 Å². The number of hydrogen-bond acceptors (Lipinski definition) is 5. The first-order valence-corrected chi connectivity index (χ1v) is 7.38. The molecule has 0 aliphatic carbocycles. The van der Waals surface area contributed by atoms with Crippen molar-refractivity contribution < 1.29 is 18.1 Å². The second-order valence-electron chi connectivity index (χ2n) is 3.79. The van der Waals surface area contributed by atoms with E-state index in [2.05, 4.69) is 10.4 Å². The van der Waals surface area contributed by atoms with Gasteiger partial charge in [0.2, 0.25) is 0 Å². The van der Waals surface area contributed by atoms with Crippen molar-refractivity contribution in [1.82, 2.24) is 15.1 Å². The number of nitrogens with one attached hydrogen (secondary N) is 1. The van der Waals surface area contributed by atoms with E-state index in [-0.39, 0.29) is 12.2 Å². The van der Waals surface area contributed by atoms with Crippen molar-refractivity contribution in [2.45, 2.75) is 13.8 Å². The topological polar surface area (TPSA) is 74.6 Å². The van der Waals surface area contributed by atoms with Crippen LogP contribution in [-0.4, -0.2) is 52.1 Å². The maximum absolute atomic E-state index is 11.9. The summed E-state index contributed by atoms with van der Waals surface area (Å²) in [6, 6.07) is 1.50. The Morgan fingerprint density at radius 1 is 1.33 bits per heavy atom. The van der Waals surface area contributed by atoms with Crippen molar-refractivity contribution >= 4 is 14.8 Å². The highest BCUT2D eigenvalue weighted by Gasteiger charge is 2.38. The minimum atomic E-state index is -2.80. The van der Waals surface area contributed by atoms with E-state index in [1.165, 1.54) is 26.0 Å². The van der Waals surface area contributed by atoms with Crippen LogP contribution in [0.5, 0.6) is 0 Å². The molecule has 1 amide bonds. The number of aryl methyl sites for hydroxylation is 2. The highest BCUT2D eigenvalue weighted by molar-refractivity contribution is 6.61. The number of carbonyl (C=O) groups is 1. The summed E-state index contributed by atoms with van der Waals surface area (Å²) in [6.45, 7) is 3.64. The molecule has 0 fully saturated rings. The minimum Gasteiger partial charge on any atom is -0.376 e. The Kier molecular flexibility index (Phi) is 5.02. The van der Waals surface area contributed by atoms with E-state index in [4.69, 9.17) is 13.3 Å². The highest BCUT2D eigenvalue weighted by atomic mass is 28.4. The Balaban J connectivity index is 2.69. The van der Waals surface area contributed by atoms with Crippen molar-refractivity contribution in [3.8, 4) is 0 Å². The fraction of sp³-hybridized carbons (Fsp3) is 0.600. The van der Waals surface area contributed by atoms with Gasteiger partial charge in [0.05, 0.1) is 11.9 Å². The van der Waals surface area contributed by atoms with Crippen LogP contribution >= 0.6 is 0 Å². The number of carbonyl (C=O) groups excluding carboxylic acids is 1. The molecule has 0 radical (unpaired) electrons. The zero-order chi connectivity index (χ0) is 13.8. The quantitative estimate of drug-likeness (QED) is 0.790. The SMILES string of the molecule is CO[Si](CNC(=O)n1nc(C)cc1C)(OC)OC. The first kappa shape index (κ1) is 14.8. The van der Waals surface area contributed by atoms with E-state index in [0.29, 0.717) is 0 Å². The zero-order valence-corrected chi connectivity index (χ0v) is 12.3. The molecule has 0 aromatic carbocycles. The molecule has 0 saturated heterocycles. The molecule has 1 heterocycles. The van der Waals surface area contributed by atoms with Gasteiger partial charge in [-0.1, -0.05) is 0 Å². The van der Waals surface area contributed by atoms with Crippen LogP contribution in [0.1, 0.15) is 11.4 Å². The summed E-state index contributed by atoms with van der Waals surface area (Å²) in [5, 5.41) is 6.78. The maximum atomic E-state index is 11.9. The van der Waals surface area contributed by atoms with Crippen molar-refractivity contribution in [1.29, 1.82) is 0 Å². The number of nitrogens with zero attached hydrogens (tertiary/aromatic N) is 2. The van der Waals surface area contributed by atoms with Gasteiger partial charge < -0.3 is 18.6 Å². The highest BCUT2D eigenvalue weighted by Crippen LogP contribution is 2.05. The first-order chi connectivity index (χ1) is 8.48. The Morgan fingerprint density at radius 3 is 2.28 bits per heavy atom. The molecule has 0 bridgehead atoms. The molecule has 1 rings (SSSR count). The van der Waals surface area contributed by atoms with Gasteiger partial charge in [0.15, 0.2) is 0 Å². The van der Waals surface area contributed by atoms with Crippen molar-refractivity contribution in [3.05, 3.63) is 17.5 Å². The van der Waals surface area contributed by atoms with Crippen molar-refractivity contribution in [2.75, 3.05) is 27.5 Å². The average molecular weight is 273 g/mol. The molecule has 1 aromatic heterocycles. The summed E-state index contributed by atoms with van der Waals surface area (Å²) in [7, 11) is 1.69. The molecule has 8 heteroatoms. The van der Waals surface area contributed by atoms with Crippen LogP contribution in [0.2, 0.25) is 0 Å². The molecule has 18 heavy (non-hydrogen) atoms. The average Bonchev–Trinajstić information content (AvgIpc) is 2.70. The summed E-state index contributed by atoms with van der Waals surface area (Å²) in [5.41, 5.74) is 1.56. The first-order valence-electron chi connectivity index (χ1n) is 5.45. The van der Waals surface area contributed by atoms with Gasteiger partial charge in [-0.3, -0.25) is 0 Å². The predicted octanol–water partition coefficient (Wildman–Crippen LogP) is 0.475. The fourth-order valence-corrected chi connectivity index (χ4v) is 2.86. The number of rotatable bonds is 5. The van der Waals surface area contributed by atoms with Gasteiger partial charge >= 0.3 is 14.8 Å². The molecular formula is C10H19N3O4Si. The third kappa shape index (κ3) is 3.16. The summed E-state index contributed by atoms with van der Waals surface area (Å²) in [6.07, 6.45) is 0.188. The van der Waals surface area contributed by atoms with E-state index in [1.807, 2.05) is 19.9 Å². The maximum Gasteiger partial charge on any atom is 0.520 e. The van der Waals surface area contributed by atoms with Gasteiger partial charge in [0.1, 0.15) is 0 Å². The van der Waals surface area contributed by atoms with E-state index in [0.717, 1.165) is 11.4 Å². The summed E-state index contributed by atoms with van der Waals surface area (Å²) in [5.74, 6) is 0. The van der Waals surface area contributed by atoms with Crippen LogP contribution in [-0.2, 0) is 13.3 Å². The zero-order valence-electron chi connectivity index (χ0n) is 11.3. The normalized spacial score (nSPS) is 11.6. The van der Waals surface area contributed by atoms with E-state index in [9.17, 15) is 4.79 Å². The molecule has 0 unspecified atom stereocenters. The molecule has 7 nitrogen and oxygen atoms in total. The third-order valence-corrected chi connectivity index (χ3v) is 5.07. The molecule has 1 aromatic rings. The van der Waals surface area contributed by atoms with Crippen LogP contribution in [0.25, 0.3) is 0 Å². The lowest BCUT2D eigenvalue weighted by Gasteiger charge is -2.24. The van der Waals surface area contributed by atoms with E-state index in [1.54, 1.807) is 0 Å². The van der Waals surface area contributed by atoms with Gasteiger partial charge in [0, 0.05) is 27.0 Å². The summed E-state index contributed by atoms with van der Waals surface area (Å²) >= 11 is 0. The summed E-state index contributed by atoms with van der Waals surface area (Å²) in [4.78, 5) is 11.9. The van der Waals surface area contributed by atoms with Crippen LogP contribution in [0.3, 0.4) is 0 Å². The minimum absolute atomic E-state index is 0.188. The molecule has 102 valence electrons. The van der Waals surface area contributed by atoms with Gasteiger partial charge in [-0.25, -0.2) is 4.79 Å². The molecule has 0 saturated carbocycles. The van der Waals surface area contributed by atoms with E-state index < -0.39 is 8.80 Å². The largest absolute Gasteiger partial charge is 0.520 e. The number of amides is 1. The third-order valence-electron chi connectivity index (χ3n) is 2.59. The standard InChI is InChI=1S/C10H19N3O4Si/c1-8-6-9(2)13(12-8)10(14)11-7-18(15-3,16-4)17-5/h6H,7H2,1-5H3,(H,11,14). The lowest BCUT2D eigenvalue weighted by molar-refractivity contribution is 0.122. The smallest absolute Gasteiger partial charge is 0.376 e. The van der Waals surface area contributed by atoms with Crippen LogP contribution in [0.4, 0.5) is 4.79 Å². The monoisotopic (exact) mass is 273 g/mol. The van der Waals surface area contributed by atoms with Crippen LogP contribution in [0.15, 0.2) is 6.07 Å². The van der Waals surface area contributed by atoms with Gasteiger partial charge in [0.25, 0.3) is 0 Å². The second-order valence-corrected chi connectivity index (χ2v) is 6.74. The Hall–Kier alpha value is -1.22. The number of aromatic nitrogens is 2. The number of hydrogen-bond donors (Lipinski definition) is 1. The van der Waals surface area contributed by atoms with Crippen molar-refractivity contribution in [3.63, 3.8) is 0 Å². The van der Waals surface area contributed by atoms with Gasteiger partial charge in [-0.2, -0.15) is 9.78 Å². The van der Waals surface area contributed by atoms with Crippen LogP contribution in [0, 0.1) is 13.8 Å². The molecule has 0 spiro atoms. The van der Waals surface area contributed by atoms with Crippen LogP contribution < -0.4 is 5.32 Å². The molecular weight excluding hydrogens is 254 g/mol. The van der Waals surface area contributed by atoms with Gasteiger partial charge in [-0.15, -0.1) is 0 Å². The lowest BCUT2D eigenvalue weighted by Crippen LogP contribution is -2.54. The Labute approximate surface area is 107 Å². The van der Waals surface area contributed by atoms with Gasteiger partial charge in [-0.05, 0) is 19.9 Å². The lowest BCUT2D eigenvalue weighted by atomic mass is 10.4. The molecule has 0 aliphatic heterocycles. The summed E-state index contributed by atoms with van der Waals surface area (Å²) < 4.78 is 16.9.